The van der Waals surface area contributed by atoms with Gasteiger partial charge in [-0.15, -0.1) is 11.3 Å². The topological polar surface area (TPSA) is 68.9 Å². The third-order valence-corrected chi connectivity index (χ3v) is 8.76. The van der Waals surface area contributed by atoms with Gasteiger partial charge < -0.3 is 14.6 Å². The van der Waals surface area contributed by atoms with Crippen LogP contribution in [0.25, 0.3) is 11.3 Å². The van der Waals surface area contributed by atoms with Crippen LogP contribution in [0.5, 0.6) is 0 Å². The number of rotatable bonds is 9. The lowest BCUT2D eigenvalue weighted by Gasteiger charge is -2.40. The number of ether oxygens (including phenoxy) is 1. The van der Waals surface area contributed by atoms with Crippen LogP contribution < -0.4 is 5.32 Å². The molecule has 3 aromatic rings. The maximum atomic E-state index is 13.6. The van der Waals surface area contributed by atoms with Crippen molar-refractivity contribution in [2.24, 2.45) is 5.92 Å². The smallest absolute Gasteiger partial charge is 0.317 e. The van der Waals surface area contributed by atoms with E-state index in [0.29, 0.717) is 0 Å². The Morgan fingerprint density at radius 3 is 2.57 bits per heavy atom. The Labute approximate surface area is 225 Å². The van der Waals surface area contributed by atoms with Gasteiger partial charge >= 0.3 is 5.97 Å². The SMILES string of the molecule is C=C1CC(OC(=O)C2(c3cccs3)CCCCCC2)C1CC[NH2+]Cc1cc(-c2ccccc2)on1.CC. The molecule has 6 heteroatoms. The standard InChI is InChI=1S/C29H34N2O3S.C2H6/c1-21-18-26(33-28(32)29(27-12-9-17-35-27)14-7-2-3-8-15-29)24(21)13-16-30-20-23-19-25(34-31-23)22-10-5-4-6-11-22;1-2/h4-6,9-12,17,19,24,26,30H,1-3,7-8,13-16,18,20H2;1-2H3/p+1. The Hall–Kier alpha value is -2.70. The van der Waals surface area contributed by atoms with Crippen LogP contribution in [0.15, 0.2) is 70.6 Å². The molecular formula is C31H41N2O3S+. The summed E-state index contributed by atoms with van der Waals surface area (Å²) in [5.74, 6) is 1.04. The molecule has 2 aliphatic rings. The Morgan fingerprint density at radius 2 is 1.89 bits per heavy atom. The van der Waals surface area contributed by atoms with Crippen molar-refractivity contribution in [2.75, 3.05) is 6.54 Å². The first kappa shape index (κ1) is 27.3. The van der Waals surface area contributed by atoms with Crippen LogP contribution in [0, 0.1) is 5.92 Å². The molecule has 2 atom stereocenters. The van der Waals surface area contributed by atoms with Gasteiger partial charge in [0.1, 0.15) is 23.8 Å². The molecule has 2 fully saturated rings. The Balaban J connectivity index is 0.00000156. The van der Waals surface area contributed by atoms with E-state index in [4.69, 9.17) is 9.26 Å². The highest BCUT2D eigenvalue weighted by Crippen LogP contribution is 2.44. The first-order valence-electron chi connectivity index (χ1n) is 13.9. The summed E-state index contributed by atoms with van der Waals surface area (Å²) in [5, 5.41) is 8.54. The average molecular weight is 522 g/mol. The molecule has 0 bridgehead atoms. The molecule has 0 spiro atoms. The Kier molecular flexibility index (Phi) is 9.75. The number of nitrogens with zero attached hydrogens (tertiary/aromatic N) is 1. The molecule has 0 amide bonds. The fourth-order valence-corrected chi connectivity index (χ4v) is 6.52. The summed E-state index contributed by atoms with van der Waals surface area (Å²) in [6.45, 7) is 9.93. The summed E-state index contributed by atoms with van der Waals surface area (Å²) in [6.07, 6.45) is 8.11. The van der Waals surface area contributed by atoms with E-state index in [0.717, 1.165) is 68.6 Å². The van der Waals surface area contributed by atoms with Crippen molar-refractivity contribution in [3.8, 4) is 11.3 Å². The molecule has 2 aliphatic carbocycles. The summed E-state index contributed by atoms with van der Waals surface area (Å²) in [6, 6.07) is 16.2. The second kappa shape index (κ2) is 13.2. The number of carbonyl (C=O) groups excluding carboxylic acids is 1. The highest BCUT2D eigenvalue weighted by atomic mass is 32.1. The van der Waals surface area contributed by atoms with Crippen molar-refractivity contribution in [3.63, 3.8) is 0 Å². The minimum atomic E-state index is -0.457. The lowest BCUT2D eigenvalue weighted by Crippen LogP contribution is -2.83. The molecule has 2 unspecified atom stereocenters. The number of hydrogen-bond acceptors (Lipinski definition) is 5. The second-order valence-electron chi connectivity index (χ2n) is 10.0. The van der Waals surface area contributed by atoms with Crippen molar-refractivity contribution in [3.05, 3.63) is 76.6 Å². The first-order valence-corrected chi connectivity index (χ1v) is 14.8. The summed E-state index contributed by atoms with van der Waals surface area (Å²) in [5.41, 5.74) is 2.72. The van der Waals surface area contributed by atoms with Crippen LogP contribution in [-0.4, -0.2) is 23.8 Å². The average Bonchev–Trinajstić information content (AvgIpc) is 3.58. The molecule has 37 heavy (non-hydrogen) atoms. The Morgan fingerprint density at radius 1 is 1.14 bits per heavy atom. The molecule has 5 nitrogen and oxygen atoms in total. The van der Waals surface area contributed by atoms with Crippen molar-refractivity contribution in [1.29, 1.82) is 0 Å². The number of thiophene rings is 1. The molecule has 2 saturated carbocycles. The van der Waals surface area contributed by atoms with Crippen molar-refractivity contribution in [2.45, 2.75) is 83.3 Å². The third-order valence-electron chi connectivity index (χ3n) is 7.69. The molecule has 2 heterocycles. The monoisotopic (exact) mass is 521 g/mol. The highest BCUT2D eigenvalue weighted by Gasteiger charge is 2.46. The van der Waals surface area contributed by atoms with Gasteiger partial charge in [-0.25, -0.2) is 0 Å². The molecule has 2 aromatic heterocycles. The quantitative estimate of drug-likeness (QED) is 0.148. The van der Waals surface area contributed by atoms with Crippen LogP contribution in [0.2, 0.25) is 0 Å². The van der Waals surface area contributed by atoms with Gasteiger partial charge in [-0.2, -0.15) is 0 Å². The van der Waals surface area contributed by atoms with E-state index in [1.165, 1.54) is 23.3 Å². The van der Waals surface area contributed by atoms with Crippen LogP contribution in [0.1, 0.15) is 75.8 Å². The summed E-state index contributed by atoms with van der Waals surface area (Å²) >= 11 is 1.70. The van der Waals surface area contributed by atoms with E-state index in [9.17, 15) is 4.79 Å². The predicted molar refractivity (Wildman–Crippen MR) is 149 cm³/mol. The van der Waals surface area contributed by atoms with Crippen molar-refractivity contribution in [1.82, 2.24) is 5.16 Å². The van der Waals surface area contributed by atoms with Gasteiger partial charge in [0, 0.05) is 35.3 Å². The van der Waals surface area contributed by atoms with E-state index < -0.39 is 5.41 Å². The van der Waals surface area contributed by atoms with E-state index in [2.05, 4.69) is 34.6 Å². The Bertz CT molecular complexity index is 1110. The normalized spacial score (nSPS) is 20.8. The lowest BCUT2D eigenvalue weighted by molar-refractivity contribution is -0.672. The predicted octanol–water partition coefficient (Wildman–Crippen LogP) is 6.66. The number of carbonyl (C=O) groups is 1. The molecule has 0 saturated heterocycles. The van der Waals surface area contributed by atoms with Gasteiger partial charge in [0.25, 0.3) is 0 Å². The van der Waals surface area contributed by atoms with Crippen LogP contribution in [-0.2, 0) is 21.5 Å². The van der Waals surface area contributed by atoms with E-state index in [1.807, 2.05) is 50.2 Å². The molecule has 1 aromatic carbocycles. The molecule has 0 aliphatic heterocycles. The number of quaternary nitrogens is 1. The molecule has 198 valence electrons. The minimum Gasteiger partial charge on any atom is -0.461 e. The summed E-state index contributed by atoms with van der Waals surface area (Å²) in [7, 11) is 0. The molecule has 0 radical (unpaired) electrons. The maximum Gasteiger partial charge on any atom is 0.317 e. The zero-order valence-electron chi connectivity index (χ0n) is 22.3. The van der Waals surface area contributed by atoms with E-state index >= 15 is 0 Å². The molecule has 5 rings (SSSR count). The third kappa shape index (κ3) is 6.42. The maximum absolute atomic E-state index is 13.6. The second-order valence-corrected chi connectivity index (χ2v) is 11.0. The summed E-state index contributed by atoms with van der Waals surface area (Å²) in [4.78, 5) is 14.8. The van der Waals surface area contributed by atoms with Gasteiger partial charge in [0.15, 0.2) is 5.76 Å². The van der Waals surface area contributed by atoms with Gasteiger partial charge in [0.2, 0.25) is 0 Å². The first-order chi connectivity index (χ1) is 18.2. The highest BCUT2D eigenvalue weighted by molar-refractivity contribution is 7.10. The molecule has 2 N–H and O–H groups in total. The zero-order chi connectivity index (χ0) is 26.1. The minimum absolute atomic E-state index is 0.00984. The van der Waals surface area contributed by atoms with Crippen molar-refractivity contribution < 1.29 is 19.4 Å². The fourth-order valence-electron chi connectivity index (χ4n) is 5.55. The van der Waals surface area contributed by atoms with E-state index in [-0.39, 0.29) is 18.0 Å². The number of esters is 1. The number of hydrogen-bond donors (Lipinski definition) is 1. The molecular weight excluding hydrogens is 480 g/mol. The fraction of sp³-hybridized carbons (Fsp3) is 0.484. The van der Waals surface area contributed by atoms with Gasteiger partial charge in [-0.05, 0) is 24.3 Å². The van der Waals surface area contributed by atoms with Gasteiger partial charge in [-0.3, -0.25) is 4.79 Å². The zero-order valence-corrected chi connectivity index (χ0v) is 23.1. The van der Waals surface area contributed by atoms with Crippen LogP contribution in [0.4, 0.5) is 0 Å². The van der Waals surface area contributed by atoms with Gasteiger partial charge in [0.05, 0.1) is 6.54 Å². The summed E-state index contributed by atoms with van der Waals surface area (Å²) < 4.78 is 11.7. The number of benzene rings is 1. The van der Waals surface area contributed by atoms with Crippen molar-refractivity contribution >= 4 is 17.3 Å². The number of aromatic nitrogens is 1. The lowest BCUT2D eigenvalue weighted by atomic mass is 9.74. The van der Waals surface area contributed by atoms with Crippen LogP contribution >= 0.6 is 11.3 Å². The largest absolute Gasteiger partial charge is 0.461 e. The van der Waals surface area contributed by atoms with Crippen LogP contribution in [0.3, 0.4) is 0 Å². The van der Waals surface area contributed by atoms with Gasteiger partial charge in [-0.1, -0.05) is 93.2 Å². The van der Waals surface area contributed by atoms with E-state index in [1.54, 1.807) is 11.3 Å². The number of nitrogens with two attached hydrogens (primary N) is 1.